The predicted octanol–water partition coefficient (Wildman–Crippen LogP) is 3.32. The Bertz CT molecular complexity index is 662. The number of rotatable bonds is 3. The van der Waals surface area contributed by atoms with Crippen molar-refractivity contribution in [3.05, 3.63) is 52.8 Å². The zero-order chi connectivity index (χ0) is 14.7. The molecule has 1 amide bonds. The number of carbonyl (C=O) groups is 1. The highest BCUT2D eigenvalue weighted by molar-refractivity contribution is 6.31. The number of ether oxygens (including phenoxy) is 1. The molecule has 104 valence electrons. The predicted molar refractivity (Wildman–Crippen MR) is 76.8 cm³/mol. The first kappa shape index (κ1) is 14.1. The Kier molecular flexibility index (Phi) is 4.10. The molecule has 2 aromatic carbocycles. The number of halogens is 2. The molecule has 0 radical (unpaired) electrons. The lowest BCUT2D eigenvalue weighted by Gasteiger charge is -2.10. The van der Waals surface area contributed by atoms with Gasteiger partial charge in [0.05, 0.1) is 29.1 Å². The molecule has 0 aliphatic heterocycles. The summed E-state index contributed by atoms with van der Waals surface area (Å²) in [7, 11) is 1.51. The first-order chi connectivity index (χ1) is 9.52. The van der Waals surface area contributed by atoms with Crippen molar-refractivity contribution in [3.8, 4) is 5.75 Å². The van der Waals surface area contributed by atoms with Gasteiger partial charge in [-0.3, -0.25) is 4.79 Å². The van der Waals surface area contributed by atoms with E-state index in [1.165, 1.54) is 25.3 Å². The van der Waals surface area contributed by atoms with Gasteiger partial charge in [0.15, 0.2) is 5.82 Å². The molecular formula is C14H12ClFN2O2. The highest BCUT2D eigenvalue weighted by atomic mass is 35.5. The van der Waals surface area contributed by atoms with Crippen molar-refractivity contribution in [3.63, 3.8) is 0 Å². The van der Waals surface area contributed by atoms with Crippen LogP contribution < -0.4 is 15.8 Å². The average molecular weight is 295 g/mol. The van der Waals surface area contributed by atoms with Gasteiger partial charge in [-0.1, -0.05) is 17.7 Å². The van der Waals surface area contributed by atoms with Gasteiger partial charge >= 0.3 is 0 Å². The van der Waals surface area contributed by atoms with E-state index >= 15 is 0 Å². The van der Waals surface area contributed by atoms with Crippen molar-refractivity contribution in [1.29, 1.82) is 0 Å². The van der Waals surface area contributed by atoms with Crippen LogP contribution in [0.4, 0.5) is 15.8 Å². The minimum atomic E-state index is -0.765. The van der Waals surface area contributed by atoms with Crippen LogP contribution in [0, 0.1) is 5.82 Å². The first-order valence-corrected chi connectivity index (χ1v) is 6.09. The summed E-state index contributed by atoms with van der Waals surface area (Å²) in [5, 5.41) is 2.42. The molecule has 0 fully saturated rings. The number of methoxy groups -OCH3 is 1. The van der Waals surface area contributed by atoms with Crippen molar-refractivity contribution >= 4 is 28.9 Å². The second kappa shape index (κ2) is 5.79. The summed E-state index contributed by atoms with van der Waals surface area (Å²) >= 11 is 5.64. The van der Waals surface area contributed by atoms with Crippen LogP contribution in [0.3, 0.4) is 0 Å². The summed E-state index contributed by atoms with van der Waals surface area (Å²) in [6, 6.07) is 8.99. The SMILES string of the molecule is COc1ccc(NC(=O)c2cccc(Cl)c2F)c(N)c1. The molecule has 0 unspecified atom stereocenters. The van der Waals surface area contributed by atoms with Crippen LogP contribution in [0.25, 0.3) is 0 Å². The quantitative estimate of drug-likeness (QED) is 0.854. The lowest BCUT2D eigenvalue weighted by atomic mass is 10.2. The van der Waals surface area contributed by atoms with Crippen LogP contribution in [-0.2, 0) is 0 Å². The number of anilines is 2. The van der Waals surface area contributed by atoms with Crippen molar-refractivity contribution in [2.45, 2.75) is 0 Å². The van der Waals surface area contributed by atoms with E-state index in [-0.39, 0.29) is 10.6 Å². The molecule has 0 aromatic heterocycles. The molecule has 0 aliphatic rings. The van der Waals surface area contributed by atoms with Gasteiger partial charge in [0.2, 0.25) is 0 Å². The fourth-order valence-corrected chi connectivity index (χ4v) is 1.82. The number of carbonyl (C=O) groups excluding carboxylic acids is 1. The number of amides is 1. The van der Waals surface area contributed by atoms with Crippen LogP contribution in [0.2, 0.25) is 5.02 Å². The summed E-state index contributed by atoms with van der Waals surface area (Å²) in [5.74, 6) is -0.824. The number of nitrogen functional groups attached to an aromatic ring is 1. The van der Waals surface area contributed by atoms with E-state index in [9.17, 15) is 9.18 Å². The number of benzene rings is 2. The van der Waals surface area contributed by atoms with Gasteiger partial charge in [-0.2, -0.15) is 0 Å². The zero-order valence-corrected chi connectivity index (χ0v) is 11.4. The Morgan fingerprint density at radius 1 is 1.35 bits per heavy atom. The van der Waals surface area contributed by atoms with Crippen LogP contribution in [0.15, 0.2) is 36.4 Å². The second-order valence-electron chi connectivity index (χ2n) is 4.01. The average Bonchev–Trinajstić information content (AvgIpc) is 2.44. The molecule has 20 heavy (non-hydrogen) atoms. The van der Waals surface area contributed by atoms with E-state index in [0.717, 1.165) is 0 Å². The Labute approximate surface area is 120 Å². The third-order valence-electron chi connectivity index (χ3n) is 2.70. The molecule has 6 heteroatoms. The number of hydrogen-bond donors (Lipinski definition) is 2. The van der Waals surface area contributed by atoms with Gasteiger partial charge in [-0.15, -0.1) is 0 Å². The van der Waals surface area contributed by atoms with Crippen LogP contribution in [-0.4, -0.2) is 13.0 Å². The summed E-state index contributed by atoms with van der Waals surface area (Å²) < 4.78 is 18.7. The highest BCUT2D eigenvalue weighted by Crippen LogP contribution is 2.25. The topological polar surface area (TPSA) is 64.3 Å². The van der Waals surface area contributed by atoms with E-state index < -0.39 is 11.7 Å². The van der Waals surface area contributed by atoms with E-state index in [4.69, 9.17) is 22.1 Å². The standard InChI is InChI=1S/C14H12ClFN2O2/c1-20-8-5-6-12(11(17)7-8)18-14(19)9-3-2-4-10(15)13(9)16/h2-7H,17H2,1H3,(H,18,19). The summed E-state index contributed by atoms with van der Waals surface area (Å²) in [6.07, 6.45) is 0. The fourth-order valence-electron chi connectivity index (χ4n) is 1.65. The number of nitrogens with two attached hydrogens (primary N) is 1. The Morgan fingerprint density at radius 3 is 2.75 bits per heavy atom. The van der Waals surface area contributed by atoms with Gasteiger partial charge in [-0.05, 0) is 24.3 Å². The number of nitrogens with one attached hydrogen (secondary N) is 1. The van der Waals surface area contributed by atoms with Gasteiger partial charge in [0.1, 0.15) is 5.75 Å². The molecule has 0 saturated carbocycles. The Hall–Kier alpha value is -2.27. The molecule has 2 aromatic rings. The van der Waals surface area contributed by atoms with E-state index in [2.05, 4.69) is 5.32 Å². The molecule has 0 bridgehead atoms. The van der Waals surface area contributed by atoms with Gasteiger partial charge in [0, 0.05) is 6.07 Å². The molecule has 0 spiro atoms. The molecule has 0 heterocycles. The molecule has 0 atom stereocenters. The third-order valence-corrected chi connectivity index (χ3v) is 3.00. The second-order valence-corrected chi connectivity index (χ2v) is 4.42. The summed E-state index contributed by atoms with van der Waals surface area (Å²) in [5.41, 5.74) is 6.32. The molecule has 4 nitrogen and oxygen atoms in total. The van der Waals surface area contributed by atoms with Gasteiger partial charge in [0.25, 0.3) is 5.91 Å². The van der Waals surface area contributed by atoms with Crippen molar-refractivity contribution < 1.29 is 13.9 Å². The smallest absolute Gasteiger partial charge is 0.258 e. The zero-order valence-electron chi connectivity index (χ0n) is 10.6. The molecular weight excluding hydrogens is 283 g/mol. The molecule has 3 N–H and O–H groups in total. The minimum absolute atomic E-state index is 0.111. The Morgan fingerprint density at radius 2 is 2.10 bits per heavy atom. The monoisotopic (exact) mass is 294 g/mol. The first-order valence-electron chi connectivity index (χ1n) is 5.72. The molecule has 2 rings (SSSR count). The lowest BCUT2D eigenvalue weighted by Crippen LogP contribution is -2.15. The third kappa shape index (κ3) is 2.83. The van der Waals surface area contributed by atoms with E-state index in [1.807, 2.05) is 0 Å². The largest absolute Gasteiger partial charge is 0.497 e. The lowest BCUT2D eigenvalue weighted by molar-refractivity contribution is 0.102. The van der Waals surface area contributed by atoms with Crippen LogP contribution >= 0.6 is 11.6 Å². The van der Waals surface area contributed by atoms with Gasteiger partial charge in [-0.25, -0.2) is 4.39 Å². The fraction of sp³-hybridized carbons (Fsp3) is 0.0714. The minimum Gasteiger partial charge on any atom is -0.497 e. The summed E-state index contributed by atoms with van der Waals surface area (Å²) in [4.78, 5) is 12.0. The van der Waals surface area contributed by atoms with Gasteiger partial charge < -0.3 is 15.8 Å². The summed E-state index contributed by atoms with van der Waals surface area (Å²) in [6.45, 7) is 0. The van der Waals surface area contributed by atoms with Crippen LogP contribution in [0.1, 0.15) is 10.4 Å². The van der Waals surface area contributed by atoms with Crippen molar-refractivity contribution in [2.24, 2.45) is 0 Å². The van der Waals surface area contributed by atoms with Crippen molar-refractivity contribution in [2.75, 3.05) is 18.2 Å². The Balaban J connectivity index is 2.26. The maximum absolute atomic E-state index is 13.7. The number of hydrogen-bond acceptors (Lipinski definition) is 3. The normalized spacial score (nSPS) is 10.2. The van der Waals surface area contributed by atoms with E-state index in [1.54, 1.807) is 18.2 Å². The van der Waals surface area contributed by atoms with E-state index in [0.29, 0.717) is 17.1 Å². The van der Waals surface area contributed by atoms with Crippen molar-refractivity contribution in [1.82, 2.24) is 0 Å². The maximum atomic E-state index is 13.7. The highest BCUT2D eigenvalue weighted by Gasteiger charge is 2.15. The maximum Gasteiger partial charge on any atom is 0.258 e. The molecule has 0 saturated heterocycles. The molecule has 0 aliphatic carbocycles. The van der Waals surface area contributed by atoms with Crippen LogP contribution in [0.5, 0.6) is 5.75 Å².